The molecule has 0 aromatic carbocycles. The summed E-state index contributed by atoms with van der Waals surface area (Å²) in [6, 6.07) is 4.02. The van der Waals surface area contributed by atoms with Gasteiger partial charge in [-0.1, -0.05) is 25.9 Å². The van der Waals surface area contributed by atoms with Gasteiger partial charge in [0, 0.05) is 16.9 Å². The van der Waals surface area contributed by atoms with Gasteiger partial charge in [-0.3, -0.25) is 4.79 Å². The highest BCUT2D eigenvalue weighted by Crippen LogP contribution is 2.44. The lowest BCUT2D eigenvalue weighted by molar-refractivity contribution is 0.101. The lowest BCUT2D eigenvalue weighted by Gasteiger charge is -2.33. The minimum atomic E-state index is -0.303. The third kappa shape index (κ3) is 3.16. The summed E-state index contributed by atoms with van der Waals surface area (Å²) < 4.78 is 5.26. The van der Waals surface area contributed by atoms with Crippen molar-refractivity contribution in [3.05, 3.63) is 33.5 Å². The average molecular weight is 369 g/mol. The Kier molecular flexibility index (Phi) is 4.15. The number of carbonyl (C=O) groups excluding carboxylic acids is 1. The highest BCUT2D eigenvalue weighted by molar-refractivity contribution is 7.16. The van der Waals surface area contributed by atoms with Crippen LogP contribution in [0.4, 0.5) is 5.00 Å². The average Bonchev–Trinajstić information content (AvgIpc) is 3.21. The number of carbonyl (C=O) groups is 1. The van der Waals surface area contributed by atoms with E-state index < -0.39 is 0 Å². The zero-order valence-corrected chi connectivity index (χ0v) is 16.2. The lowest BCUT2D eigenvalue weighted by Crippen LogP contribution is -2.26. The number of nitriles is 1. The number of fused-ring (bicyclic) bond motifs is 1. The second-order valence-electron chi connectivity index (χ2n) is 8.47. The monoisotopic (exact) mass is 369 g/mol. The van der Waals surface area contributed by atoms with E-state index in [9.17, 15) is 10.1 Å². The Morgan fingerprint density at radius 3 is 2.81 bits per heavy atom. The van der Waals surface area contributed by atoms with Crippen LogP contribution in [0.15, 0.2) is 10.6 Å². The van der Waals surface area contributed by atoms with Gasteiger partial charge in [0.05, 0.1) is 5.56 Å². The first kappa shape index (κ1) is 17.3. The Balaban J connectivity index is 1.56. The van der Waals surface area contributed by atoms with Crippen LogP contribution < -0.4 is 5.32 Å². The van der Waals surface area contributed by atoms with Crippen LogP contribution in [0.3, 0.4) is 0 Å². The van der Waals surface area contributed by atoms with Gasteiger partial charge in [0.1, 0.15) is 16.8 Å². The summed E-state index contributed by atoms with van der Waals surface area (Å²) in [6.07, 6.45) is 5.17. The smallest absolute Gasteiger partial charge is 0.278 e. The summed E-state index contributed by atoms with van der Waals surface area (Å²) in [4.78, 5) is 13.8. The molecule has 1 N–H and O–H groups in total. The van der Waals surface area contributed by atoms with Crippen LogP contribution in [0.2, 0.25) is 0 Å². The van der Waals surface area contributed by atoms with Crippen molar-refractivity contribution in [2.24, 2.45) is 11.3 Å². The normalized spacial score (nSPS) is 19.7. The van der Waals surface area contributed by atoms with Gasteiger partial charge in [-0.05, 0) is 49.0 Å². The molecule has 1 fully saturated rings. The van der Waals surface area contributed by atoms with Gasteiger partial charge in [0.2, 0.25) is 0 Å². The third-order valence-corrected chi connectivity index (χ3v) is 6.74. The molecule has 1 amide bonds. The van der Waals surface area contributed by atoms with Crippen molar-refractivity contribution in [3.63, 3.8) is 0 Å². The fourth-order valence-electron chi connectivity index (χ4n) is 3.66. The number of hydrogen-bond donors (Lipinski definition) is 1. The van der Waals surface area contributed by atoms with Crippen LogP contribution in [0.1, 0.15) is 78.2 Å². The Hall–Kier alpha value is -2.13. The zero-order chi connectivity index (χ0) is 18.5. The molecule has 1 atom stereocenters. The molecule has 2 aromatic heterocycles. The van der Waals surface area contributed by atoms with Gasteiger partial charge in [0.15, 0.2) is 5.69 Å². The van der Waals surface area contributed by atoms with Crippen molar-refractivity contribution in [3.8, 4) is 6.07 Å². The minimum absolute atomic E-state index is 0.248. The van der Waals surface area contributed by atoms with Crippen LogP contribution >= 0.6 is 11.3 Å². The largest absolute Gasteiger partial charge is 0.360 e. The van der Waals surface area contributed by atoms with Crippen LogP contribution in [-0.4, -0.2) is 11.1 Å². The molecule has 136 valence electrons. The molecule has 0 saturated heterocycles. The summed E-state index contributed by atoms with van der Waals surface area (Å²) in [6.45, 7) is 6.81. The van der Waals surface area contributed by atoms with Gasteiger partial charge in [-0.2, -0.15) is 5.26 Å². The molecule has 2 heterocycles. The molecular formula is C20H23N3O2S. The summed E-state index contributed by atoms with van der Waals surface area (Å²) in [5.41, 5.74) is 2.27. The molecule has 0 spiro atoms. The molecule has 0 bridgehead atoms. The molecule has 6 heteroatoms. The molecule has 2 aliphatic rings. The summed E-state index contributed by atoms with van der Waals surface area (Å²) in [5.74, 6) is 1.50. The number of nitrogens with zero attached hydrogens (tertiary/aromatic N) is 2. The van der Waals surface area contributed by atoms with E-state index in [1.807, 2.05) is 0 Å². The molecule has 2 aliphatic carbocycles. The van der Waals surface area contributed by atoms with Crippen molar-refractivity contribution < 1.29 is 9.32 Å². The molecular weight excluding hydrogens is 346 g/mol. The van der Waals surface area contributed by atoms with E-state index in [1.54, 1.807) is 17.4 Å². The topological polar surface area (TPSA) is 78.9 Å². The van der Waals surface area contributed by atoms with E-state index in [2.05, 4.69) is 37.3 Å². The maximum atomic E-state index is 12.5. The van der Waals surface area contributed by atoms with Crippen LogP contribution in [-0.2, 0) is 12.8 Å². The highest BCUT2D eigenvalue weighted by Gasteiger charge is 2.33. The molecule has 2 aromatic rings. The summed E-state index contributed by atoms with van der Waals surface area (Å²) >= 11 is 1.54. The molecule has 0 unspecified atom stereocenters. The SMILES string of the molecule is CC(C)(C)[C@@H]1CCc2c(sc(NC(=O)c3cc(C4CC4)on3)c2C#N)C1. The van der Waals surface area contributed by atoms with Gasteiger partial charge >= 0.3 is 0 Å². The van der Waals surface area contributed by atoms with Crippen molar-refractivity contribution in [1.29, 1.82) is 5.26 Å². The zero-order valence-electron chi connectivity index (χ0n) is 15.4. The fraction of sp³-hybridized carbons (Fsp3) is 0.550. The van der Waals surface area contributed by atoms with Crippen molar-refractivity contribution >= 4 is 22.2 Å². The predicted octanol–water partition coefficient (Wildman–Crippen LogP) is 4.89. The van der Waals surface area contributed by atoms with E-state index in [4.69, 9.17) is 4.52 Å². The van der Waals surface area contributed by atoms with Crippen LogP contribution in [0, 0.1) is 22.7 Å². The number of thiophene rings is 1. The standard InChI is InChI=1S/C20H23N3O2S/c1-20(2,3)12-6-7-13-14(10-21)19(26-17(13)8-12)22-18(24)15-9-16(25-23-15)11-4-5-11/h9,11-12H,4-8H2,1-3H3,(H,22,24)/t12-/m1/s1. The van der Waals surface area contributed by atoms with Gasteiger partial charge in [-0.15, -0.1) is 11.3 Å². The quantitative estimate of drug-likeness (QED) is 0.835. The van der Waals surface area contributed by atoms with E-state index in [-0.39, 0.29) is 17.0 Å². The molecule has 0 aliphatic heterocycles. The molecule has 26 heavy (non-hydrogen) atoms. The summed E-state index contributed by atoms with van der Waals surface area (Å²) in [5, 5.41) is 17.1. The minimum Gasteiger partial charge on any atom is -0.360 e. The first-order valence-electron chi connectivity index (χ1n) is 9.19. The first-order chi connectivity index (χ1) is 12.4. The molecule has 5 nitrogen and oxygen atoms in total. The maximum Gasteiger partial charge on any atom is 0.278 e. The molecule has 4 rings (SSSR count). The van der Waals surface area contributed by atoms with Gasteiger partial charge in [-0.25, -0.2) is 0 Å². The summed E-state index contributed by atoms with van der Waals surface area (Å²) in [7, 11) is 0. The Morgan fingerprint density at radius 1 is 1.38 bits per heavy atom. The number of hydrogen-bond acceptors (Lipinski definition) is 5. The van der Waals surface area contributed by atoms with Crippen molar-refractivity contribution in [2.75, 3.05) is 5.32 Å². The first-order valence-corrected chi connectivity index (χ1v) is 10.0. The number of amides is 1. The van der Waals surface area contributed by atoms with E-state index in [0.717, 1.165) is 43.4 Å². The number of anilines is 1. The number of rotatable bonds is 3. The Labute approximate surface area is 157 Å². The molecule has 0 radical (unpaired) electrons. The molecule has 1 saturated carbocycles. The maximum absolute atomic E-state index is 12.5. The van der Waals surface area contributed by atoms with Crippen LogP contribution in [0.5, 0.6) is 0 Å². The fourth-order valence-corrected chi connectivity index (χ4v) is 4.93. The van der Waals surface area contributed by atoms with Gasteiger partial charge < -0.3 is 9.84 Å². The van der Waals surface area contributed by atoms with Gasteiger partial charge in [0.25, 0.3) is 5.91 Å². The van der Waals surface area contributed by atoms with Crippen molar-refractivity contribution in [1.82, 2.24) is 5.16 Å². The number of nitrogens with one attached hydrogen (secondary N) is 1. The lowest BCUT2D eigenvalue weighted by atomic mass is 9.72. The second-order valence-corrected chi connectivity index (χ2v) is 9.57. The Morgan fingerprint density at radius 2 is 2.15 bits per heavy atom. The second kappa shape index (κ2) is 6.24. The highest BCUT2D eigenvalue weighted by atomic mass is 32.1. The third-order valence-electron chi connectivity index (χ3n) is 5.57. The van der Waals surface area contributed by atoms with E-state index >= 15 is 0 Å². The van der Waals surface area contributed by atoms with Crippen molar-refractivity contribution in [2.45, 2.75) is 58.8 Å². The van der Waals surface area contributed by atoms with Crippen LogP contribution in [0.25, 0.3) is 0 Å². The predicted molar refractivity (Wildman–Crippen MR) is 100 cm³/mol. The van der Waals surface area contributed by atoms with E-state index in [1.165, 1.54) is 4.88 Å². The van der Waals surface area contributed by atoms with E-state index in [0.29, 0.717) is 22.4 Å². The Bertz CT molecular complexity index is 893. The number of aromatic nitrogens is 1.